The van der Waals surface area contributed by atoms with Gasteiger partial charge >= 0.3 is 0 Å². The SMILES string of the molecule is NCC1(NCc2cccs2)CCN2CCCC2C1. The highest BCUT2D eigenvalue weighted by molar-refractivity contribution is 7.09. The largest absolute Gasteiger partial charge is 0.329 e. The van der Waals surface area contributed by atoms with E-state index in [9.17, 15) is 0 Å². The van der Waals surface area contributed by atoms with E-state index in [0.29, 0.717) is 0 Å². The number of fused-ring (bicyclic) bond motifs is 1. The smallest absolute Gasteiger partial charge is 0.0334 e. The number of rotatable bonds is 4. The van der Waals surface area contributed by atoms with Gasteiger partial charge in [0.2, 0.25) is 0 Å². The summed E-state index contributed by atoms with van der Waals surface area (Å²) in [6.07, 6.45) is 5.17. The Bertz CT molecular complexity index is 378. The number of thiophene rings is 1. The fraction of sp³-hybridized carbons (Fsp3) is 0.714. The molecule has 2 fully saturated rings. The molecular weight excluding hydrogens is 242 g/mol. The summed E-state index contributed by atoms with van der Waals surface area (Å²) in [5.41, 5.74) is 6.26. The molecule has 0 spiro atoms. The van der Waals surface area contributed by atoms with Crippen molar-refractivity contribution in [3.63, 3.8) is 0 Å². The molecule has 2 atom stereocenters. The molecule has 3 N–H and O–H groups in total. The van der Waals surface area contributed by atoms with Crippen LogP contribution in [-0.4, -0.2) is 36.1 Å². The number of nitrogens with zero attached hydrogens (tertiary/aromatic N) is 1. The third-order valence-corrected chi connectivity index (χ3v) is 5.49. The fourth-order valence-corrected chi connectivity index (χ4v) is 4.08. The molecule has 18 heavy (non-hydrogen) atoms. The van der Waals surface area contributed by atoms with Crippen LogP contribution in [0.5, 0.6) is 0 Å². The van der Waals surface area contributed by atoms with Crippen LogP contribution in [0.1, 0.15) is 30.6 Å². The minimum Gasteiger partial charge on any atom is -0.329 e. The van der Waals surface area contributed by atoms with Crippen molar-refractivity contribution in [2.45, 2.75) is 43.8 Å². The molecule has 2 saturated heterocycles. The van der Waals surface area contributed by atoms with Crippen LogP contribution in [0.2, 0.25) is 0 Å². The maximum Gasteiger partial charge on any atom is 0.0334 e. The van der Waals surface area contributed by atoms with Gasteiger partial charge in [-0.3, -0.25) is 0 Å². The molecule has 4 heteroatoms. The third kappa shape index (κ3) is 2.48. The summed E-state index contributed by atoms with van der Waals surface area (Å²) in [5.74, 6) is 0. The summed E-state index contributed by atoms with van der Waals surface area (Å²) in [7, 11) is 0. The van der Waals surface area contributed by atoms with Gasteiger partial charge in [-0.2, -0.15) is 0 Å². The average Bonchev–Trinajstić information content (AvgIpc) is 3.07. The number of piperidine rings is 1. The Morgan fingerprint density at radius 1 is 1.50 bits per heavy atom. The van der Waals surface area contributed by atoms with Crippen molar-refractivity contribution >= 4 is 11.3 Å². The molecule has 100 valence electrons. The van der Waals surface area contributed by atoms with E-state index in [0.717, 1.165) is 19.1 Å². The molecule has 2 aliphatic heterocycles. The maximum absolute atomic E-state index is 6.08. The number of hydrogen-bond donors (Lipinski definition) is 2. The molecule has 0 saturated carbocycles. The van der Waals surface area contributed by atoms with Crippen molar-refractivity contribution in [1.82, 2.24) is 10.2 Å². The first-order chi connectivity index (χ1) is 8.81. The standard InChI is InChI=1S/C14H23N3S/c15-11-14(16-10-13-4-2-8-18-13)5-7-17-6-1-3-12(17)9-14/h2,4,8,12,16H,1,3,5-7,9-11,15H2. The zero-order chi connectivity index (χ0) is 12.4. The lowest BCUT2D eigenvalue weighted by molar-refractivity contribution is 0.110. The van der Waals surface area contributed by atoms with Gasteiger partial charge in [-0.15, -0.1) is 11.3 Å². The van der Waals surface area contributed by atoms with Crippen molar-refractivity contribution in [3.8, 4) is 0 Å². The Morgan fingerprint density at radius 3 is 3.22 bits per heavy atom. The van der Waals surface area contributed by atoms with Crippen LogP contribution in [-0.2, 0) is 6.54 Å². The molecule has 3 heterocycles. The molecule has 1 aromatic rings. The zero-order valence-electron chi connectivity index (χ0n) is 10.9. The summed E-state index contributed by atoms with van der Waals surface area (Å²) in [6, 6.07) is 5.10. The van der Waals surface area contributed by atoms with Crippen LogP contribution in [0, 0.1) is 0 Å². The molecule has 0 amide bonds. The number of nitrogens with two attached hydrogens (primary N) is 1. The van der Waals surface area contributed by atoms with Crippen LogP contribution < -0.4 is 11.1 Å². The Morgan fingerprint density at radius 2 is 2.44 bits per heavy atom. The normalized spacial score (nSPS) is 32.6. The van der Waals surface area contributed by atoms with Crippen LogP contribution in [0.3, 0.4) is 0 Å². The third-order valence-electron chi connectivity index (χ3n) is 4.61. The van der Waals surface area contributed by atoms with E-state index in [1.54, 1.807) is 0 Å². The van der Waals surface area contributed by atoms with E-state index < -0.39 is 0 Å². The maximum atomic E-state index is 6.08. The van der Waals surface area contributed by atoms with E-state index in [2.05, 4.69) is 27.7 Å². The van der Waals surface area contributed by atoms with Crippen LogP contribution in [0.15, 0.2) is 17.5 Å². The van der Waals surface area contributed by atoms with Gasteiger partial charge in [0, 0.05) is 36.1 Å². The predicted molar refractivity (Wildman–Crippen MR) is 76.8 cm³/mol. The van der Waals surface area contributed by atoms with Gasteiger partial charge in [-0.1, -0.05) is 6.07 Å². The minimum atomic E-state index is 0.176. The number of nitrogens with one attached hydrogen (secondary N) is 1. The highest BCUT2D eigenvalue weighted by atomic mass is 32.1. The molecule has 3 rings (SSSR count). The van der Waals surface area contributed by atoms with Gasteiger partial charge in [0.15, 0.2) is 0 Å². The minimum absolute atomic E-state index is 0.176. The van der Waals surface area contributed by atoms with Gasteiger partial charge in [-0.05, 0) is 43.7 Å². The van der Waals surface area contributed by atoms with Crippen LogP contribution in [0.4, 0.5) is 0 Å². The molecule has 0 radical (unpaired) electrons. The summed E-state index contributed by atoms with van der Waals surface area (Å²) in [4.78, 5) is 4.07. The highest BCUT2D eigenvalue weighted by Gasteiger charge is 2.40. The number of hydrogen-bond acceptors (Lipinski definition) is 4. The van der Waals surface area contributed by atoms with Gasteiger partial charge in [0.25, 0.3) is 0 Å². The summed E-state index contributed by atoms with van der Waals surface area (Å²) in [6.45, 7) is 4.26. The summed E-state index contributed by atoms with van der Waals surface area (Å²) >= 11 is 1.83. The van der Waals surface area contributed by atoms with Crippen molar-refractivity contribution in [1.29, 1.82) is 0 Å². The predicted octanol–water partition coefficient (Wildman–Crippen LogP) is 1.79. The monoisotopic (exact) mass is 265 g/mol. The first-order valence-corrected chi connectivity index (χ1v) is 7.91. The van der Waals surface area contributed by atoms with E-state index in [4.69, 9.17) is 5.73 Å². The quantitative estimate of drug-likeness (QED) is 0.872. The topological polar surface area (TPSA) is 41.3 Å². The van der Waals surface area contributed by atoms with E-state index in [1.165, 1.54) is 43.6 Å². The molecule has 0 bridgehead atoms. The lowest BCUT2D eigenvalue weighted by Gasteiger charge is -2.44. The average molecular weight is 265 g/mol. The Kier molecular flexibility index (Phi) is 3.71. The van der Waals surface area contributed by atoms with Gasteiger partial charge < -0.3 is 16.0 Å². The Balaban J connectivity index is 1.63. The Labute approximate surface area is 113 Å². The molecule has 0 aliphatic carbocycles. The van der Waals surface area contributed by atoms with Gasteiger partial charge in [0.1, 0.15) is 0 Å². The first kappa shape index (κ1) is 12.6. The second kappa shape index (κ2) is 5.29. The van der Waals surface area contributed by atoms with Gasteiger partial charge in [0.05, 0.1) is 0 Å². The van der Waals surface area contributed by atoms with E-state index in [-0.39, 0.29) is 5.54 Å². The van der Waals surface area contributed by atoms with Crippen molar-refractivity contribution in [2.24, 2.45) is 5.73 Å². The fourth-order valence-electron chi connectivity index (χ4n) is 3.44. The molecular formula is C14H23N3S. The molecule has 3 nitrogen and oxygen atoms in total. The van der Waals surface area contributed by atoms with E-state index in [1.807, 2.05) is 11.3 Å². The van der Waals surface area contributed by atoms with Crippen molar-refractivity contribution in [2.75, 3.05) is 19.6 Å². The molecule has 1 aromatic heterocycles. The van der Waals surface area contributed by atoms with Crippen LogP contribution >= 0.6 is 11.3 Å². The zero-order valence-corrected chi connectivity index (χ0v) is 11.7. The molecule has 0 aromatic carbocycles. The van der Waals surface area contributed by atoms with E-state index >= 15 is 0 Å². The lowest BCUT2D eigenvalue weighted by atomic mass is 9.83. The van der Waals surface area contributed by atoms with Crippen LogP contribution in [0.25, 0.3) is 0 Å². The second-order valence-corrected chi connectivity index (χ2v) is 6.74. The summed E-state index contributed by atoms with van der Waals surface area (Å²) < 4.78 is 0. The van der Waals surface area contributed by atoms with Crippen molar-refractivity contribution in [3.05, 3.63) is 22.4 Å². The molecule has 2 unspecified atom stereocenters. The molecule has 2 aliphatic rings. The lowest BCUT2D eigenvalue weighted by Crippen LogP contribution is -2.59. The highest BCUT2D eigenvalue weighted by Crippen LogP contribution is 2.32. The van der Waals surface area contributed by atoms with Gasteiger partial charge in [-0.25, -0.2) is 0 Å². The van der Waals surface area contributed by atoms with Crippen molar-refractivity contribution < 1.29 is 0 Å². The Hall–Kier alpha value is -0.420. The second-order valence-electron chi connectivity index (χ2n) is 5.70. The first-order valence-electron chi connectivity index (χ1n) is 7.03. The summed E-state index contributed by atoms with van der Waals surface area (Å²) in [5, 5.41) is 5.90.